The molecule has 0 spiro atoms. The summed E-state index contributed by atoms with van der Waals surface area (Å²) in [6, 6.07) is 3.88. The number of benzene rings is 1. The predicted octanol–water partition coefficient (Wildman–Crippen LogP) is 4.21. The summed E-state index contributed by atoms with van der Waals surface area (Å²) >= 11 is 10.3. The number of rotatable bonds is 4. The van der Waals surface area contributed by atoms with Gasteiger partial charge in [0, 0.05) is 14.3 Å². The zero-order chi connectivity index (χ0) is 12.1. The van der Waals surface area contributed by atoms with Crippen molar-refractivity contribution in [2.45, 2.75) is 18.7 Å². The fourth-order valence-electron chi connectivity index (χ4n) is 1.33. The zero-order valence-electron chi connectivity index (χ0n) is 8.73. The number of hydrogen-bond donors (Lipinski definition) is 0. The summed E-state index contributed by atoms with van der Waals surface area (Å²) in [4.78, 5) is 11.5. The van der Waals surface area contributed by atoms with E-state index in [4.69, 9.17) is 4.74 Å². The third-order valence-electron chi connectivity index (χ3n) is 2.08. The molecule has 88 valence electrons. The lowest BCUT2D eigenvalue weighted by Gasteiger charge is -2.11. The molecule has 0 radical (unpaired) electrons. The van der Waals surface area contributed by atoms with E-state index in [1.54, 1.807) is 6.92 Å². The maximum absolute atomic E-state index is 11.5. The van der Waals surface area contributed by atoms with Crippen molar-refractivity contribution in [2.75, 3.05) is 6.61 Å². The maximum atomic E-state index is 11.5. The quantitative estimate of drug-likeness (QED) is 0.545. The van der Waals surface area contributed by atoms with E-state index in [-0.39, 0.29) is 12.4 Å². The van der Waals surface area contributed by atoms with Gasteiger partial charge in [0.25, 0.3) is 0 Å². The van der Waals surface area contributed by atoms with Gasteiger partial charge in [-0.05, 0) is 30.2 Å². The average Bonchev–Trinajstić information content (AvgIpc) is 2.24. The lowest BCUT2D eigenvalue weighted by Crippen LogP contribution is -2.09. The highest BCUT2D eigenvalue weighted by Gasteiger charge is 2.14. The van der Waals surface area contributed by atoms with E-state index in [1.165, 1.54) is 0 Å². The molecule has 5 heteroatoms. The highest BCUT2D eigenvalue weighted by molar-refractivity contribution is 9.11. The zero-order valence-corrected chi connectivity index (χ0v) is 13.5. The second-order valence-corrected chi connectivity index (χ2v) is 5.37. The lowest BCUT2D eigenvalue weighted by molar-refractivity contribution is -0.142. The number of esters is 1. The molecule has 0 bridgehead atoms. The summed E-state index contributed by atoms with van der Waals surface area (Å²) in [5.41, 5.74) is 2.03. The average molecular weight is 415 g/mol. The van der Waals surface area contributed by atoms with Gasteiger partial charge in [0.1, 0.15) is 0 Å². The molecular weight excluding hydrogens is 404 g/mol. The first kappa shape index (κ1) is 14.2. The van der Waals surface area contributed by atoms with Crippen LogP contribution in [-0.4, -0.2) is 12.6 Å². The second-order valence-electron chi connectivity index (χ2n) is 3.10. The standard InChI is InChI=1S/C11H11Br3O2/c1-2-16-11(15)5-7-8(6-12)10(14)4-3-9(7)13/h3-4H,2,5-6H2,1H3. The monoisotopic (exact) mass is 412 g/mol. The lowest BCUT2D eigenvalue weighted by atomic mass is 10.1. The van der Waals surface area contributed by atoms with Crippen LogP contribution in [0.2, 0.25) is 0 Å². The van der Waals surface area contributed by atoms with Gasteiger partial charge >= 0.3 is 5.97 Å². The molecule has 0 N–H and O–H groups in total. The highest BCUT2D eigenvalue weighted by Crippen LogP contribution is 2.30. The number of alkyl halides is 1. The smallest absolute Gasteiger partial charge is 0.310 e. The van der Waals surface area contributed by atoms with E-state index >= 15 is 0 Å². The van der Waals surface area contributed by atoms with Crippen molar-refractivity contribution in [3.8, 4) is 0 Å². The molecule has 1 rings (SSSR count). The first-order valence-corrected chi connectivity index (χ1v) is 7.48. The largest absolute Gasteiger partial charge is 0.466 e. The number of hydrogen-bond acceptors (Lipinski definition) is 2. The molecule has 0 atom stereocenters. The van der Waals surface area contributed by atoms with Gasteiger partial charge in [-0.15, -0.1) is 0 Å². The SMILES string of the molecule is CCOC(=O)Cc1c(Br)ccc(Br)c1CBr. The Balaban J connectivity index is 3.01. The Hall–Kier alpha value is 0.130. The highest BCUT2D eigenvalue weighted by atomic mass is 79.9. The summed E-state index contributed by atoms with van der Waals surface area (Å²) in [5, 5.41) is 0.696. The molecular formula is C11H11Br3O2. The van der Waals surface area contributed by atoms with Crippen LogP contribution in [0.4, 0.5) is 0 Å². The molecule has 0 aliphatic carbocycles. The Morgan fingerprint density at radius 2 is 1.81 bits per heavy atom. The molecule has 0 aliphatic rings. The molecule has 16 heavy (non-hydrogen) atoms. The van der Waals surface area contributed by atoms with Gasteiger partial charge in [-0.1, -0.05) is 47.8 Å². The van der Waals surface area contributed by atoms with Crippen LogP contribution in [0.5, 0.6) is 0 Å². The molecule has 0 aliphatic heterocycles. The van der Waals surface area contributed by atoms with E-state index in [0.717, 1.165) is 20.1 Å². The van der Waals surface area contributed by atoms with Gasteiger partial charge in [-0.3, -0.25) is 4.79 Å². The van der Waals surface area contributed by atoms with Gasteiger partial charge in [-0.2, -0.15) is 0 Å². The third-order valence-corrected chi connectivity index (χ3v) is 4.12. The van der Waals surface area contributed by atoms with Crippen LogP contribution >= 0.6 is 47.8 Å². The van der Waals surface area contributed by atoms with E-state index in [0.29, 0.717) is 11.9 Å². The normalized spacial score (nSPS) is 10.2. The maximum Gasteiger partial charge on any atom is 0.310 e. The van der Waals surface area contributed by atoms with Crippen LogP contribution in [0.15, 0.2) is 21.1 Å². The van der Waals surface area contributed by atoms with Crippen molar-refractivity contribution >= 4 is 53.8 Å². The van der Waals surface area contributed by atoms with Crippen LogP contribution in [0.25, 0.3) is 0 Å². The molecule has 0 saturated heterocycles. The van der Waals surface area contributed by atoms with Crippen molar-refractivity contribution in [1.82, 2.24) is 0 Å². The first-order chi connectivity index (χ1) is 7.60. The van der Waals surface area contributed by atoms with Crippen LogP contribution in [0.1, 0.15) is 18.1 Å². The topological polar surface area (TPSA) is 26.3 Å². The Kier molecular flexibility index (Phi) is 6.00. The van der Waals surface area contributed by atoms with E-state index in [2.05, 4.69) is 47.8 Å². The Morgan fingerprint density at radius 1 is 1.25 bits per heavy atom. The van der Waals surface area contributed by atoms with Gasteiger partial charge in [0.15, 0.2) is 0 Å². The predicted molar refractivity (Wildman–Crippen MR) is 74.8 cm³/mol. The van der Waals surface area contributed by atoms with Crippen LogP contribution in [0, 0.1) is 0 Å². The van der Waals surface area contributed by atoms with Gasteiger partial charge < -0.3 is 4.74 Å². The van der Waals surface area contributed by atoms with Crippen molar-refractivity contribution in [3.05, 3.63) is 32.2 Å². The Labute approximate surface area is 120 Å². The van der Waals surface area contributed by atoms with Crippen molar-refractivity contribution < 1.29 is 9.53 Å². The molecule has 0 amide bonds. The van der Waals surface area contributed by atoms with Gasteiger partial charge in [0.2, 0.25) is 0 Å². The Bertz CT molecular complexity index is 391. The minimum absolute atomic E-state index is 0.205. The fourth-order valence-corrected chi connectivity index (χ4v) is 3.37. The minimum atomic E-state index is -0.205. The van der Waals surface area contributed by atoms with Crippen molar-refractivity contribution in [1.29, 1.82) is 0 Å². The number of ether oxygens (including phenoxy) is 1. The molecule has 2 nitrogen and oxygen atoms in total. The summed E-state index contributed by atoms with van der Waals surface area (Å²) < 4.78 is 6.87. The number of carbonyl (C=O) groups excluding carboxylic acids is 1. The number of halogens is 3. The summed E-state index contributed by atoms with van der Waals surface area (Å²) in [6.07, 6.45) is 0.287. The van der Waals surface area contributed by atoms with Gasteiger partial charge in [0.05, 0.1) is 13.0 Å². The van der Waals surface area contributed by atoms with Crippen molar-refractivity contribution in [3.63, 3.8) is 0 Å². The molecule has 0 heterocycles. The third kappa shape index (κ3) is 3.57. The van der Waals surface area contributed by atoms with E-state index in [9.17, 15) is 4.79 Å². The number of carbonyl (C=O) groups is 1. The minimum Gasteiger partial charge on any atom is -0.466 e. The summed E-state index contributed by atoms with van der Waals surface area (Å²) in [7, 11) is 0. The molecule has 0 saturated carbocycles. The summed E-state index contributed by atoms with van der Waals surface area (Å²) in [6.45, 7) is 2.22. The van der Waals surface area contributed by atoms with Crippen LogP contribution in [0.3, 0.4) is 0 Å². The summed E-state index contributed by atoms with van der Waals surface area (Å²) in [5.74, 6) is -0.205. The molecule has 0 unspecified atom stereocenters. The van der Waals surface area contributed by atoms with E-state index in [1.807, 2.05) is 12.1 Å². The molecule has 1 aromatic carbocycles. The fraction of sp³-hybridized carbons (Fsp3) is 0.364. The molecule has 0 fully saturated rings. The first-order valence-electron chi connectivity index (χ1n) is 4.77. The Morgan fingerprint density at radius 3 is 2.31 bits per heavy atom. The molecule has 0 aromatic heterocycles. The molecule has 1 aromatic rings. The van der Waals surface area contributed by atoms with Crippen LogP contribution < -0.4 is 0 Å². The second kappa shape index (κ2) is 6.77. The van der Waals surface area contributed by atoms with Gasteiger partial charge in [-0.25, -0.2) is 0 Å². The van der Waals surface area contributed by atoms with Crippen LogP contribution in [-0.2, 0) is 21.3 Å². The van der Waals surface area contributed by atoms with E-state index < -0.39 is 0 Å². The van der Waals surface area contributed by atoms with Crippen molar-refractivity contribution in [2.24, 2.45) is 0 Å².